The van der Waals surface area contributed by atoms with E-state index < -0.39 is 67.4 Å². The molecule has 3 atom stereocenters. The molecule has 3 amide bonds. The zero-order valence-corrected chi connectivity index (χ0v) is 15.8. The van der Waals surface area contributed by atoms with E-state index in [4.69, 9.17) is 15.9 Å². The van der Waals surface area contributed by atoms with Gasteiger partial charge in [0.15, 0.2) is 0 Å². The maximum atomic E-state index is 12.0. The molecule has 12 heteroatoms. The van der Waals surface area contributed by atoms with Gasteiger partial charge < -0.3 is 37.0 Å². The fourth-order valence-corrected chi connectivity index (χ4v) is 2.15. The first-order valence-electron chi connectivity index (χ1n) is 8.66. The number of nitrogens with one attached hydrogen (secondary N) is 3. The topological polar surface area (TPSA) is 208 Å². The highest BCUT2D eigenvalue weighted by Crippen LogP contribution is 2.02. The van der Waals surface area contributed by atoms with Crippen molar-refractivity contribution in [2.45, 2.75) is 51.2 Å². The van der Waals surface area contributed by atoms with Crippen LogP contribution in [0.25, 0.3) is 0 Å². The average molecular weight is 404 g/mol. The molecule has 0 saturated heterocycles. The standard InChI is InChI=1S/C16H28N4O8/c1-8(2)5-9(17)14(25)18-6-12(22)19-11(7-21)15(26)20-10(16(27)28)3-4-13(23)24/h8-11,21H,3-7,17H2,1-2H3,(H,18,25)(H,19,22)(H,20,26)(H,23,24)(H,27,28). The molecule has 28 heavy (non-hydrogen) atoms. The predicted molar refractivity (Wildman–Crippen MR) is 95.9 cm³/mol. The highest BCUT2D eigenvalue weighted by molar-refractivity contribution is 5.92. The lowest BCUT2D eigenvalue weighted by atomic mass is 10.0. The number of aliphatic hydroxyl groups is 1. The van der Waals surface area contributed by atoms with E-state index in [9.17, 15) is 29.1 Å². The van der Waals surface area contributed by atoms with Crippen molar-refractivity contribution in [3.05, 3.63) is 0 Å². The van der Waals surface area contributed by atoms with Crippen molar-refractivity contribution in [1.82, 2.24) is 16.0 Å². The Hall–Kier alpha value is -2.73. The Morgan fingerprint density at radius 3 is 2.04 bits per heavy atom. The minimum atomic E-state index is -1.50. The van der Waals surface area contributed by atoms with Crippen LogP contribution in [0.5, 0.6) is 0 Å². The first-order valence-corrected chi connectivity index (χ1v) is 8.66. The van der Waals surface area contributed by atoms with Gasteiger partial charge in [0.25, 0.3) is 0 Å². The molecule has 0 aliphatic carbocycles. The second-order valence-electron chi connectivity index (χ2n) is 6.59. The molecule has 3 unspecified atom stereocenters. The molecule has 0 saturated carbocycles. The van der Waals surface area contributed by atoms with Crippen LogP contribution in [0.4, 0.5) is 0 Å². The third-order valence-electron chi connectivity index (χ3n) is 3.58. The van der Waals surface area contributed by atoms with Gasteiger partial charge in [-0.05, 0) is 18.8 Å². The number of rotatable bonds is 13. The number of carboxylic acids is 2. The molecular formula is C16H28N4O8. The molecule has 0 bridgehead atoms. The Morgan fingerprint density at radius 2 is 1.57 bits per heavy atom. The fraction of sp³-hybridized carbons (Fsp3) is 0.688. The number of carbonyl (C=O) groups excluding carboxylic acids is 3. The first kappa shape index (κ1) is 25.3. The minimum Gasteiger partial charge on any atom is -0.481 e. The molecule has 12 nitrogen and oxygen atoms in total. The summed E-state index contributed by atoms with van der Waals surface area (Å²) in [5.74, 6) is -4.86. The van der Waals surface area contributed by atoms with E-state index in [2.05, 4.69) is 10.6 Å². The summed E-state index contributed by atoms with van der Waals surface area (Å²) in [6.45, 7) is 2.44. The number of aliphatic hydroxyl groups excluding tert-OH is 1. The van der Waals surface area contributed by atoms with Crippen LogP contribution in [-0.4, -0.2) is 76.3 Å². The van der Waals surface area contributed by atoms with E-state index in [1.54, 1.807) is 0 Å². The van der Waals surface area contributed by atoms with E-state index in [-0.39, 0.29) is 12.3 Å². The molecule has 0 aliphatic rings. The number of carboxylic acid groups (broad SMARTS) is 2. The summed E-state index contributed by atoms with van der Waals surface area (Å²) >= 11 is 0. The Bertz CT molecular complexity index is 581. The Kier molecular flexibility index (Phi) is 11.4. The molecule has 0 fully saturated rings. The second kappa shape index (κ2) is 12.6. The fourth-order valence-electron chi connectivity index (χ4n) is 2.15. The van der Waals surface area contributed by atoms with Crippen LogP contribution in [0.2, 0.25) is 0 Å². The van der Waals surface area contributed by atoms with E-state index in [0.717, 1.165) is 0 Å². The van der Waals surface area contributed by atoms with Crippen molar-refractivity contribution in [3.8, 4) is 0 Å². The van der Waals surface area contributed by atoms with Gasteiger partial charge in [0.05, 0.1) is 19.2 Å². The van der Waals surface area contributed by atoms with Crippen LogP contribution in [0.3, 0.4) is 0 Å². The van der Waals surface area contributed by atoms with Crippen molar-refractivity contribution in [3.63, 3.8) is 0 Å². The van der Waals surface area contributed by atoms with Crippen LogP contribution < -0.4 is 21.7 Å². The SMILES string of the molecule is CC(C)CC(N)C(=O)NCC(=O)NC(CO)C(=O)NC(CCC(=O)O)C(=O)O. The molecule has 0 aliphatic heterocycles. The molecule has 0 heterocycles. The van der Waals surface area contributed by atoms with Gasteiger partial charge in [-0.3, -0.25) is 19.2 Å². The van der Waals surface area contributed by atoms with Crippen molar-refractivity contribution in [1.29, 1.82) is 0 Å². The summed E-state index contributed by atoms with van der Waals surface area (Å²) in [7, 11) is 0. The van der Waals surface area contributed by atoms with Crippen LogP contribution in [-0.2, 0) is 24.0 Å². The second-order valence-corrected chi connectivity index (χ2v) is 6.59. The van der Waals surface area contributed by atoms with Crippen LogP contribution in [0.15, 0.2) is 0 Å². The highest BCUT2D eigenvalue weighted by Gasteiger charge is 2.26. The van der Waals surface area contributed by atoms with Crippen molar-refractivity contribution in [2.24, 2.45) is 11.7 Å². The maximum Gasteiger partial charge on any atom is 0.326 e. The van der Waals surface area contributed by atoms with Gasteiger partial charge in [-0.25, -0.2) is 4.79 Å². The van der Waals surface area contributed by atoms with Gasteiger partial charge in [0, 0.05) is 6.42 Å². The normalized spacial score (nSPS) is 13.9. The van der Waals surface area contributed by atoms with Gasteiger partial charge in [0.1, 0.15) is 12.1 Å². The highest BCUT2D eigenvalue weighted by atomic mass is 16.4. The molecule has 0 aromatic carbocycles. The predicted octanol–water partition coefficient (Wildman–Crippen LogP) is -2.61. The molecule has 0 radical (unpaired) electrons. The zero-order valence-electron chi connectivity index (χ0n) is 15.8. The van der Waals surface area contributed by atoms with E-state index in [0.29, 0.717) is 6.42 Å². The number of amides is 3. The minimum absolute atomic E-state index is 0.181. The van der Waals surface area contributed by atoms with Crippen LogP contribution in [0.1, 0.15) is 33.1 Å². The maximum absolute atomic E-state index is 12.0. The van der Waals surface area contributed by atoms with Gasteiger partial charge in [-0.2, -0.15) is 0 Å². The van der Waals surface area contributed by atoms with Crippen LogP contribution >= 0.6 is 0 Å². The summed E-state index contributed by atoms with van der Waals surface area (Å²) in [5.41, 5.74) is 5.67. The summed E-state index contributed by atoms with van der Waals surface area (Å²) in [6.07, 6.45) is -0.440. The van der Waals surface area contributed by atoms with Gasteiger partial charge in [-0.15, -0.1) is 0 Å². The smallest absolute Gasteiger partial charge is 0.326 e. The summed E-state index contributed by atoms with van der Waals surface area (Å²) in [4.78, 5) is 57.3. The molecule has 0 aromatic rings. The molecule has 0 aromatic heterocycles. The lowest BCUT2D eigenvalue weighted by Crippen LogP contribution is -2.55. The molecule has 0 spiro atoms. The number of carbonyl (C=O) groups is 5. The quantitative estimate of drug-likeness (QED) is 0.171. The first-order chi connectivity index (χ1) is 13.0. The number of nitrogens with two attached hydrogens (primary N) is 1. The van der Waals surface area contributed by atoms with Gasteiger partial charge >= 0.3 is 11.9 Å². The van der Waals surface area contributed by atoms with E-state index in [1.807, 2.05) is 19.2 Å². The van der Waals surface area contributed by atoms with Gasteiger partial charge in [-0.1, -0.05) is 13.8 Å². The van der Waals surface area contributed by atoms with Crippen molar-refractivity contribution < 1.29 is 39.3 Å². The van der Waals surface area contributed by atoms with Crippen molar-refractivity contribution >= 4 is 29.7 Å². The Morgan fingerprint density at radius 1 is 0.964 bits per heavy atom. The van der Waals surface area contributed by atoms with Crippen molar-refractivity contribution in [2.75, 3.05) is 13.2 Å². The molecule has 0 rings (SSSR count). The summed E-state index contributed by atoms with van der Waals surface area (Å²) in [5, 5.41) is 33.4. The van der Waals surface area contributed by atoms with E-state index in [1.165, 1.54) is 0 Å². The zero-order chi connectivity index (χ0) is 21.9. The van der Waals surface area contributed by atoms with E-state index >= 15 is 0 Å². The number of aliphatic carboxylic acids is 2. The third kappa shape index (κ3) is 10.4. The Balaban J connectivity index is 4.62. The molecule has 160 valence electrons. The monoisotopic (exact) mass is 404 g/mol. The Labute approximate surface area is 161 Å². The molecular weight excluding hydrogens is 376 g/mol. The number of hydrogen-bond donors (Lipinski definition) is 7. The van der Waals surface area contributed by atoms with Crippen LogP contribution in [0, 0.1) is 5.92 Å². The third-order valence-corrected chi connectivity index (χ3v) is 3.58. The lowest BCUT2D eigenvalue weighted by molar-refractivity contribution is -0.143. The number of hydrogen-bond acceptors (Lipinski definition) is 7. The summed E-state index contributed by atoms with van der Waals surface area (Å²) < 4.78 is 0. The van der Waals surface area contributed by atoms with Gasteiger partial charge in [0.2, 0.25) is 17.7 Å². The average Bonchev–Trinajstić information content (AvgIpc) is 2.59. The largest absolute Gasteiger partial charge is 0.481 e. The lowest BCUT2D eigenvalue weighted by Gasteiger charge is -2.20. The summed E-state index contributed by atoms with van der Waals surface area (Å²) in [6, 6.07) is -3.76. The molecule has 8 N–H and O–H groups in total.